The molecule has 0 radical (unpaired) electrons. The highest BCUT2D eigenvalue weighted by Crippen LogP contribution is 1.99. The fourth-order valence-electron chi connectivity index (χ4n) is 0.885. The minimum absolute atomic E-state index is 0.444. The largest absolute Gasteiger partial charge is 0.280 e. The first-order valence-corrected chi connectivity index (χ1v) is 4.08. The molecule has 1 heteroatoms. The molecule has 1 nitrogen and oxygen atoms in total. The van der Waals surface area contributed by atoms with Crippen molar-refractivity contribution in [3.05, 3.63) is 42.0 Å². The normalized spacial score (nSPS) is 10.7. The first kappa shape index (κ1) is 9.28. The van der Waals surface area contributed by atoms with E-state index in [1.807, 2.05) is 42.5 Å². The maximum Gasteiger partial charge on any atom is 0.0994 e. The van der Waals surface area contributed by atoms with Crippen LogP contribution in [0.25, 0.3) is 6.08 Å². The lowest BCUT2D eigenvalue weighted by atomic mass is 10.2. The van der Waals surface area contributed by atoms with Gasteiger partial charge in [0.1, 0.15) is 0 Å². The fraction of sp³-hybridized carbons (Fsp3) is 0.0833. The number of aliphatic imine (C=N–C) groups is 1. The lowest BCUT2D eigenvalue weighted by Crippen LogP contribution is -1.72. The van der Waals surface area contributed by atoms with Crippen molar-refractivity contribution < 1.29 is 0 Å². The van der Waals surface area contributed by atoms with Crippen LogP contribution < -0.4 is 0 Å². The Morgan fingerprint density at radius 2 is 2.08 bits per heavy atom. The average molecular weight is 169 g/mol. The lowest BCUT2D eigenvalue weighted by Gasteiger charge is -1.87. The van der Waals surface area contributed by atoms with Gasteiger partial charge in [-0.05, 0) is 11.6 Å². The Morgan fingerprint density at radius 1 is 1.31 bits per heavy atom. The maximum absolute atomic E-state index is 5.03. The molecule has 64 valence electrons. The summed E-state index contributed by atoms with van der Waals surface area (Å²) in [6.07, 6.45) is 10.6. The molecular weight excluding hydrogens is 158 g/mol. The number of benzene rings is 1. The summed E-state index contributed by atoms with van der Waals surface area (Å²) >= 11 is 0. The van der Waals surface area contributed by atoms with Crippen LogP contribution in [0, 0.1) is 12.3 Å². The topological polar surface area (TPSA) is 12.4 Å². The van der Waals surface area contributed by atoms with E-state index in [0.29, 0.717) is 6.54 Å². The maximum atomic E-state index is 5.03. The Hall–Kier alpha value is -1.81. The summed E-state index contributed by atoms with van der Waals surface area (Å²) < 4.78 is 0. The van der Waals surface area contributed by atoms with E-state index in [1.165, 1.54) is 0 Å². The molecule has 1 aromatic carbocycles. The molecule has 0 N–H and O–H groups in total. The number of terminal acetylenes is 1. The van der Waals surface area contributed by atoms with E-state index in [9.17, 15) is 0 Å². The van der Waals surface area contributed by atoms with Crippen molar-refractivity contribution in [3.8, 4) is 12.3 Å². The van der Waals surface area contributed by atoms with Crippen molar-refractivity contribution in [1.82, 2.24) is 0 Å². The number of nitrogens with zero attached hydrogens (tertiary/aromatic N) is 1. The van der Waals surface area contributed by atoms with Gasteiger partial charge in [0.2, 0.25) is 0 Å². The third kappa shape index (κ3) is 3.93. The lowest BCUT2D eigenvalue weighted by molar-refractivity contribution is 1.31. The van der Waals surface area contributed by atoms with Crippen LogP contribution in [0.1, 0.15) is 5.56 Å². The Kier molecular flexibility index (Phi) is 4.13. The summed E-state index contributed by atoms with van der Waals surface area (Å²) in [5, 5.41) is 0. The summed E-state index contributed by atoms with van der Waals surface area (Å²) in [6, 6.07) is 10.1. The molecule has 0 fully saturated rings. The predicted octanol–water partition coefficient (Wildman–Crippen LogP) is 2.40. The molecule has 0 unspecified atom stereocenters. The molecule has 0 saturated heterocycles. The summed E-state index contributed by atoms with van der Waals surface area (Å²) in [4.78, 5) is 3.96. The second-order valence-electron chi connectivity index (χ2n) is 2.46. The summed E-state index contributed by atoms with van der Waals surface area (Å²) in [7, 11) is 0. The van der Waals surface area contributed by atoms with E-state index in [1.54, 1.807) is 6.21 Å². The highest BCUT2D eigenvalue weighted by atomic mass is 14.7. The van der Waals surface area contributed by atoms with Gasteiger partial charge in [0.25, 0.3) is 0 Å². The SMILES string of the molecule is C#CCN=C/C=C/c1ccccc1. The van der Waals surface area contributed by atoms with Crippen LogP contribution in [0.2, 0.25) is 0 Å². The van der Waals surface area contributed by atoms with Crippen LogP contribution in [0.4, 0.5) is 0 Å². The third-order valence-corrected chi connectivity index (χ3v) is 1.46. The molecule has 0 saturated carbocycles. The fourth-order valence-corrected chi connectivity index (χ4v) is 0.885. The Labute approximate surface area is 78.8 Å². The van der Waals surface area contributed by atoms with Crippen molar-refractivity contribution >= 4 is 12.3 Å². The van der Waals surface area contributed by atoms with Gasteiger partial charge in [-0.1, -0.05) is 42.3 Å². The highest BCUT2D eigenvalue weighted by molar-refractivity contribution is 5.78. The van der Waals surface area contributed by atoms with Gasteiger partial charge >= 0.3 is 0 Å². The van der Waals surface area contributed by atoms with E-state index < -0.39 is 0 Å². The molecule has 13 heavy (non-hydrogen) atoms. The zero-order valence-electron chi connectivity index (χ0n) is 7.35. The smallest absolute Gasteiger partial charge is 0.0994 e. The second-order valence-corrected chi connectivity index (χ2v) is 2.46. The van der Waals surface area contributed by atoms with Crippen molar-refractivity contribution in [2.45, 2.75) is 0 Å². The molecule has 0 aliphatic rings. The van der Waals surface area contributed by atoms with Gasteiger partial charge in [-0.15, -0.1) is 6.42 Å². The van der Waals surface area contributed by atoms with E-state index in [4.69, 9.17) is 6.42 Å². The van der Waals surface area contributed by atoms with Crippen molar-refractivity contribution in [2.75, 3.05) is 6.54 Å². The van der Waals surface area contributed by atoms with Crippen molar-refractivity contribution in [3.63, 3.8) is 0 Å². The Morgan fingerprint density at radius 3 is 2.77 bits per heavy atom. The van der Waals surface area contributed by atoms with Crippen molar-refractivity contribution in [1.29, 1.82) is 0 Å². The van der Waals surface area contributed by atoms with E-state index in [2.05, 4.69) is 10.9 Å². The first-order valence-electron chi connectivity index (χ1n) is 4.08. The van der Waals surface area contributed by atoms with Crippen LogP contribution in [0.15, 0.2) is 41.4 Å². The number of rotatable bonds is 3. The van der Waals surface area contributed by atoms with Crippen LogP contribution in [0.3, 0.4) is 0 Å². The van der Waals surface area contributed by atoms with Gasteiger partial charge in [0.15, 0.2) is 0 Å². The minimum Gasteiger partial charge on any atom is -0.280 e. The molecule has 0 bridgehead atoms. The number of hydrogen-bond donors (Lipinski definition) is 0. The van der Waals surface area contributed by atoms with E-state index in [-0.39, 0.29) is 0 Å². The summed E-state index contributed by atoms with van der Waals surface area (Å²) in [5.74, 6) is 2.43. The first-order chi connectivity index (χ1) is 6.43. The summed E-state index contributed by atoms with van der Waals surface area (Å²) in [6.45, 7) is 0.444. The van der Waals surface area contributed by atoms with Gasteiger partial charge in [-0.2, -0.15) is 0 Å². The van der Waals surface area contributed by atoms with Gasteiger partial charge < -0.3 is 0 Å². The predicted molar refractivity (Wildman–Crippen MR) is 57.7 cm³/mol. The van der Waals surface area contributed by atoms with Crippen LogP contribution >= 0.6 is 0 Å². The molecule has 0 heterocycles. The Balaban J connectivity index is 2.46. The standard InChI is InChI=1S/C12H11N/c1-2-10-13-11-6-9-12-7-4-3-5-8-12/h1,3-9,11H,10H2/b9-6+,13-11?. The van der Waals surface area contributed by atoms with Gasteiger partial charge in [0, 0.05) is 6.21 Å². The molecular formula is C12H11N. The monoisotopic (exact) mass is 169 g/mol. The molecule has 0 amide bonds. The quantitative estimate of drug-likeness (QED) is 0.486. The number of hydrogen-bond acceptors (Lipinski definition) is 1. The molecule has 1 rings (SSSR count). The zero-order chi connectivity index (χ0) is 9.36. The molecule has 0 aliphatic carbocycles. The van der Waals surface area contributed by atoms with Gasteiger partial charge in [-0.25, -0.2) is 0 Å². The van der Waals surface area contributed by atoms with Crippen LogP contribution in [-0.4, -0.2) is 12.8 Å². The van der Waals surface area contributed by atoms with Gasteiger partial charge in [0.05, 0.1) is 6.54 Å². The number of allylic oxidation sites excluding steroid dienone is 1. The second kappa shape index (κ2) is 5.79. The molecule has 0 aromatic heterocycles. The van der Waals surface area contributed by atoms with E-state index >= 15 is 0 Å². The van der Waals surface area contributed by atoms with Gasteiger partial charge in [-0.3, -0.25) is 4.99 Å². The highest BCUT2D eigenvalue weighted by Gasteiger charge is 1.79. The van der Waals surface area contributed by atoms with E-state index in [0.717, 1.165) is 5.56 Å². The molecule has 0 spiro atoms. The molecule has 1 aromatic rings. The molecule has 0 aliphatic heterocycles. The van der Waals surface area contributed by atoms with Crippen molar-refractivity contribution in [2.24, 2.45) is 4.99 Å². The minimum atomic E-state index is 0.444. The zero-order valence-corrected chi connectivity index (χ0v) is 7.35. The Bertz CT molecular complexity index is 328. The molecule has 0 atom stereocenters. The third-order valence-electron chi connectivity index (χ3n) is 1.46. The van der Waals surface area contributed by atoms with Crippen LogP contribution in [-0.2, 0) is 0 Å². The average Bonchev–Trinajstić information content (AvgIpc) is 2.19. The summed E-state index contributed by atoms with van der Waals surface area (Å²) in [5.41, 5.74) is 1.16. The van der Waals surface area contributed by atoms with Crippen LogP contribution in [0.5, 0.6) is 0 Å².